The Bertz CT molecular complexity index is 746. The molecule has 0 aliphatic carbocycles. The molecule has 3 heteroatoms. The van der Waals surface area contributed by atoms with Gasteiger partial charge in [0.05, 0.1) is 12.1 Å². The molecule has 3 rings (SSSR count). The van der Waals surface area contributed by atoms with Crippen LogP contribution >= 0.6 is 0 Å². The number of carbonyl (C=O) groups is 1. The molecule has 0 bridgehead atoms. The molecule has 21 heavy (non-hydrogen) atoms. The first-order valence-corrected chi connectivity index (χ1v) is 6.96. The lowest BCUT2D eigenvalue weighted by molar-refractivity contribution is 0.0944. The predicted octanol–water partition coefficient (Wildman–Crippen LogP) is 3.75. The Kier molecular flexibility index (Phi) is 3.84. The summed E-state index contributed by atoms with van der Waals surface area (Å²) in [5.41, 5.74) is 2.61. The van der Waals surface area contributed by atoms with E-state index in [1.54, 1.807) is 6.26 Å². The summed E-state index contributed by atoms with van der Waals surface area (Å²) >= 11 is 0. The fourth-order valence-corrected chi connectivity index (χ4v) is 2.48. The standard InChI is InChI=1S/C18H17NO2/c1-19(11-14-7-3-2-4-8-14)12-17(20)16-13-21-18-10-6-5-9-15(16)18/h2-10,13H,11-12H2,1H3. The number of nitrogens with zero attached hydrogens (tertiary/aromatic N) is 1. The van der Waals surface area contributed by atoms with Crippen molar-refractivity contribution in [2.45, 2.75) is 6.54 Å². The van der Waals surface area contributed by atoms with Gasteiger partial charge < -0.3 is 4.42 Å². The summed E-state index contributed by atoms with van der Waals surface area (Å²) in [7, 11) is 1.95. The van der Waals surface area contributed by atoms with Crippen molar-refractivity contribution in [3.8, 4) is 0 Å². The number of furan rings is 1. The van der Waals surface area contributed by atoms with Crippen LogP contribution in [0.3, 0.4) is 0 Å². The molecule has 0 aliphatic heterocycles. The molecule has 0 saturated carbocycles. The maximum absolute atomic E-state index is 12.4. The number of benzene rings is 2. The second-order valence-corrected chi connectivity index (χ2v) is 5.23. The highest BCUT2D eigenvalue weighted by Crippen LogP contribution is 2.21. The Morgan fingerprint density at radius 2 is 1.76 bits per heavy atom. The van der Waals surface area contributed by atoms with Gasteiger partial charge in [0.2, 0.25) is 0 Å². The third-order valence-electron chi connectivity index (χ3n) is 3.49. The Balaban J connectivity index is 1.71. The molecule has 0 spiro atoms. The molecule has 0 aliphatic rings. The largest absolute Gasteiger partial charge is 0.464 e. The Hall–Kier alpha value is -2.39. The second kappa shape index (κ2) is 5.94. The minimum Gasteiger partial charge on any atom is -0.464 e. The molecule has 0 unspecified atom stereocenters. The molecule has 0 radical (unpaired) electrons. The first-order valence-electron chi connectivity index (χ1n) is 6.96. The van der Waals surface area contributed by atoms with Crippen molar-refractivity contribution >= 4 is 16.8 Å². The van der Waals surface area contributed by atoms with Crippen molar-refractivity contribution in [2.75, 3.05) is 13.6 Å². The number of Topliss-reactive ketones (excluding diaryl/α,β-unsaturated/α-hetero) is 1. The first-order chi connectivity index (χ1) is 10.2. The van der Waals surface area contributed by atoms with Crippen LogP contribution in [0.15, 0.2) is 65.3 Å². The van der Waals surface area contributed by atoms with Crippen LogP contribution in [-0.2, 0) is 6.54 Å². The molecule has 1 aromatic heterocycles. The highest BCUT2D eigenvalue weighted by molar-refractivity contribution is 6.08. The molecule has 0 N–H and O–H groups in total. The van der Waals surface area contributed by atoms with Crippen LogP contribution in [-0.4, -0.2) is 24.3 Å². The van der Waals surface area contributed by atoms with Gasteiger partial charge in [0.15, 0.2) is 5.78 Å². The van der Waals surface area contributed by atoms with E-state index >= 15 is 0 Å². The van der Waals surface area contributed by atoms with Gasteiger partial charge in [-0.2, -0.15) is 0 Å². The van der Waals surface area contributed by atoms with Crippen LogP contribution in [0.1, 0.15) is 15.9 Å². The predicted molar refractivity (Wildman–Crippen MR) is 83.3 cm³/mol. The minimum absolute atomic E-state index is 0.0818. The molecule has 0 amide bonds. The van der Waals surface area contributed by atoms with Crippen LogP contribution in [0.2, 0.25) is 0 Å². The molecule has 3 aromatic rings. The number of hydrogen-bond acceptors (Lipinski definition) is 3. The molecular weight excluding hydrogens is 262 g/mol. The summed E-state index contributed by atoms with van der Waals surface area (Å²) < 4.78 is 5.43. The van der Waals surface area contributed by atoms with Gasteiger partial charge in [0, 0.05) is 11.9 Å². The summed E-state index contributed by atoms with van der Waals surface area (Å²) in [5, 5.41) is 0.885. The minimum atomic E-state index is 0.0818. The van der Waals surface area contributed by atoms with Gasteiger partial charge in [-0.05, 0) is 18.7 Å². The molecule has 2 aromatic carbocycles. The highest BCUT2D eigenvalue weighted by atomic mass is 16.3. The third kappa shape index (κ3) is 3.03. The Morgan fingerprint density at radius 1 is 1.05 bits per heavy atom. The van der Waals surface area contributed by atoms with Gasteiger partial charge in [-0.15, -0.1) is 0 Å². The van der Waals surface area contributed by atoms with E-state index in [4.69, 9.17) is 4.42 Å². The van der Waals surface area contributed by atoms with Gasteiger partial charge in [-0.1, -0.05) is 48.5 Å². The third-order valence-corrected chi connectivity index (χ3v) is 3.49. The molecule has 0 atom stereocenters. The maximum atomic E-state index is 12.4. The van der Waals surface area contributed by atoms with Crippen LogP contribution in [0.25, 0.3) is 11.0 Å². The smallest absolute Gasteiger partial charge is 0.180 e. The quantitative estimate of drug-likeness (QED) is 0.667. The second-order valence-electron chi connectivity index (χ2n) is 5.23. The van der Waals surface area contributed by atoms with E-state index < -0.39 is 0 Å². The number of hydrogen-bond donors (Lipinski definition) is 0. The van der Waals surface area contributed by atoms with Crippen molar-refractivity contribution in [3.05, 3.63) is 72.0 Å². The number of ketones is 1. The summed E-state index contributed by atoms with van der Waals surface area (Å²) in [6, 6.07) is 17.8. The average Bonchev–Trinajstić information content (AvgIpc) is 2.92. The monoisotopic (exact) mass is 279 g/mol. The lowest BCUT2D eigenvalue weighted by Gasteiger charge is -2.15. The Labute approximate surface area is 123 Å². The summed E-state index contributed by atoms with van der Waals surface area (Å²) in [4.78, 5) is 14.4. The van der Waals surface area contributed by atoms with Gasteiger partial charge in [-0.3, -0.25) is 9.69 Å². The fraction of sp³-hybridized carbons (Fsp3) is 0.167. The van der Waals surface area contributed by atoms with Gasteiger partial charge >= 0.3 is 0 Å². The van der Waals surface area contributed by atoms with E-state index in [1.165, 1.54) is 5.56 Å². The molecule has 0 fully saturated rings. The first kappa shape index (κ1) is 13.6. The lowest BCUT2D eigenvalue weighted by atomic mass is 10.1. The van der Waals surface area contributed by atoms with E-state index in [9.17, 15) is 4.79 Å². The number of likely N-dealkylation sites (N-methyl/N-ethyl adjacent to an activating group) is 1. The average molecular weight is 279 g/mol. The van der Waals surface area contributed by atoms with E-state index in [1.807, 2.05) is 54.4 Å². The zero-order chi connectivity index (χ0) is 14.7. The van der Waals surface area contributed by atoms with Crippen molar-refractivity contribution in [2.24, 2.45) is 0 Å². The van der Waals surface area contributed by atoms with Crippen LogP contribution in [0, 0.1) is 0 Å². The van der Waals surface area contributed by atoms with E-state index in [0.29, 0.717) is 12.1 Å². The number of carbonyl (C=O) groups excluding carboxylic acids is 1. The van der Waals surface area contributed by atoms with Crippen molar-refractivity contribution < 1.29 is 9.21 Å². The zero-order valence-corrected chi connectivity index (χ0v) is 12.0. The Morgan fingerprint density at radius 3 is 2.57 bits per heavy atom. The molecule has 3 nitrogen and oxygen atoms in total. The summed E-state index contributed by atoms with van der Waals surface area (Å²) in [5.74, 6) is 0.0818. The lowest BCUT2D eigenvalue weighted by Crippen LogP contribution is -2.25. The number of rotatable bonds is 5. The summed E-state index contributed by atoms with van der Waals surface area (Å²) in [6.07, 6.45) is 1.56. The molecule has 106 valence electrons. The van der Waals surface area contributed by atoms with Gasteiger partial charge in [0.1, 0.15) is 11.8 Å². The molecule has 0 saturated heterocycles. The van der Waals surface area contributed by atoms with Crippen LogP contribution in [0.4, 0.5) is 0 Å². The maximum Gasteiger partial charge on any atom is 0.180 e. The van der Waals surface area contributed by atoms with E-state index in [-0.39, 0.29) is 5.78 Å². The SMILES string of the molecule is CN(CC(=O)c1coc2ccccc12)Cc1ccccc1. The summed E-state index contributed by atoms with van der Waals surface area (Å²) in [6.45, 7) is 1.13. The van der Waals surface area contributed by atoms with Crippen LogP contribution < -0.4 is 0 Å². The fourth-order valence-electron chi connectivity index (χ4n) is 2.48. The number of fused-ring (bicyclic) bond motifs is 1. The normalized spacial score (nSPS) is 11.1. The van der Waals surface area contributed by atoms with E-state index in [2.05, 4.69) is 12.1 Å². The van der Waals surface area contributed by atoms with Crippen molar-refractivity contribution in [1.82, 2.24) is 4.90 Å². The van der Waals surface area contributed by atoms with Gasteiger partial charge in [0.25, 0.3) is 0 Å². The molecular formula is C18H17NO2. The van der Waals surface area contributed by atoms with E-state index in [0.717, 1.165) is 17.5 Å². The highest BCUT2D eigenvalue weighted by Gasteiger charge is 2.15. The number of para-hydroxylation sites is 1. The topological polar surface area (TPSA) is 33.5 Å². The van der Waals surface area contributed by atoms with Crippen molar-refractivity contribution in [1.29, 1.82) is 0 Å². The zero-order valence-electron chi connectivity index (χ0n) is 12.0. The molecule has 1 heterocycles. The van der Waals surface area contributed by atoms with Crippen molar-refractivity contribution in [3.63, 3.8) is 0 Å². The van der Waals surface area contributed by atoms with Gasteiger partial charge in [-0.25, -0.2) is 0 Å². The van der Waals surface area contributed by atoms with Crippen LogP contribution in [0.5, 0.6) is 0 Å².